The second-order valence-corrected chi connectivity index (χ2v) is 5.07. The van der Waals surface area contributed by atoms with Gasteiger partial charge in [-0.2, -0.15) is 13.2 Å². The van der Waals surface area contributed by atoms with E-state index in [0.717, 1.165) is 18.7 Å². The number of nitrogens with one attached hydrogen (secondary N) is 1. The van der Waals surface area contributed by atoms with Gasteiger partial charge in [0.15, 0.2) is 0 Å². The van der Waals surface area contributed by atoms with Gasteiger partial charge in [-0.25, -0.2) is 0 Å². The summed E-state index contributed by atoms with van der Waals surface area (Å²) < 4.78 is 37.8. The fourth-order valence-corrected chi connectivity index (χ4v) is 2.30. The lowest BCUT2D eigenvalue weighted by Crippen LogP contribution is -2.51. The number of carbonyl (C=O) groups excluding carboxylic acids is 1. The largest absolute Gasteiger partial charge is 0.416 e. The summed E-state index contributed by atoms with van der Waals surface area (Å²) >= 11 is 0. The number of piperazine rings is 1. The fraction of sp³-hybridized carbons (Fsp3) is 0.500. The summed E-state index contributed by atoms with van der Waals surface area (Å²) in [4.78, 5) is 13.8. The summed E-state index contributed by atoms with van der Waals surface area (Å²) in [7, 11) is 0. The summed E-state index contributed by atoms with van der Waals surface area (Å²) in [6.07, 6.45) is -4.36. The molecule has 1 unspecified atom stereocenters. The zero-order valence-corrected chi connectivity index (χ0v) is 11.2. The minimum absolute atomic E-state index is 0.0106. The van der Waals surface area contributed by atoms with Gasteiger partial charge in [0.25, 0.3) is 0 Å². The summed E-state index contributed by atoms with van der Waals surface area (Å²) in [5.41, 5.74) is -0.313. The van der Waals surface area contributed by atoms with Crippen LogP contribution in [0.5, 0.6) is 0 Å². The first-order valence-corrected chi connectivity index (χ1v) is 6.53. The second kappa shape index (κ2) is 5.83. The molecular formula is C14H17F3N2O. The molecule has 0 spiro atoms. The number of hydrogen-bond acceptors (Lipinski definition) is 2. The van der Waals surface area contributed by atoms with Gasteiger partial charge in [0.1, 0.15) is 0 Å². The molecule has 1 aromatic carbocycles. The van der Waals surface area contributed by atoms with Crippen LogP contribution in [0.1, 0.15) is 18.1 Å². The molecule has 1 fully saturated rings. The highest BCUT2D eigenvalue weighted by molar-refractivity contribution is 5.79. The Balaban J connectivity index is 2.04. The van der Waals surface area contributed by atoms with E-state index in [1.807, 2.05) is 6.92 Å². The van der Waals surface area contributed by atoms with Crippen LogP contribution in [-0.2, 0) is 17.4 Å². The van der Waals surface area contributed by atoms with Crippen molar-refractivity contribution in [3.8, 4) is 0 Å². The van der Waals surface area contributed by atoms with Gasteiger partial charge in [-0.15, -0.1) is 0 Å². The van der Waals surface area contributed by atoms with Crippen molar-refractivity contribution in [2.45, 2.75) is 25.6 Å². The molecule has 1 saturated heterocycles. The van der Waals surface area contributed by atoms with Crippen LogP contribution < -0.4 is 5.32 Å². The molecule has 20 heavy (non-hydrogen) atoms. The quantitative estimate of drug-likeness (QED) is 0.902. The van der Waals surface area contributed by atoms with Gasteiger partial charge in [0.2, 0.25) is 5.91 Å². The number of hydrogen-bond donors (Lipinski definition) is 1. The molecule has 0 bridgehead atoms. The number of carbonyl (C=O) groups is 1. The van der Waals surface area contributed by atoms with Crippen molar-refractivity contribution in [1.29, 1.82) is 0 Å². The molecule has 0 aromatic heterocycles. The van der Waals surface area contributed by atoms with Gasteiger partial charge in [-0.1, -0.05) is 18.2 Å². The molecule has 1 aliphatic heterocycles. The second-order valence-electron chi connectivity index (χ2n) is 5.07. The minimum atomic E-state index is -4.37. The Hall–Kier alpha value is -1.56. The maximum absolute atomic E-state index is 12.6. The third kappa shape index (κ3) is 3.72. The first-order valence-electron chi connectivity index (χ1n) is 6.53. The van der Waals surface area contributed by atoms with Crippen molar-refractivity contribution >= 4 is 5.91 Å². The van der Waals surface area contributed by atoms with Gasteiger partial charge in [-0.3, -0.25) is 4.79 Å². The van der Waals surface area contributed by atoms with E-state index in [4.69, 9.17) is 0 Å². The molecule has 0 saturated carbocycles. The van der Waals surface area contributed by atoms with Gasteiger partial charge in [-0.05, 0) is 18.6 Å². The van der Waals surface area contributed by atoms with Crippen LogP contribution in [0, 0.1) is 0 Å². The first-order chi connectivity index (χ1) is 9.36. The van der Waals surface area contributed by atoms with Crippen molar-refractivity contribution in [3.05, 3.63) is 35.4 Å². The highest BCUT2D eigenvalue weighted by Gasteiger charge is 2.30. The monoisotopic (exact) mass is 286 g/mol. The Labute approximate surface area is 115 Å². The van der Waals surface area contributed by atoms with Gasteiger partial charge in [0, 0.05) is 25.7 Å². The van der Waals surface area contributed by atoms with Gasteiger partial charge in [0.05, 0.1) is 12.0 Å². The van der Waals surface area contributed by atoms with Crippen LogP contribution in [0.4, 0.5) is 13.2 Å². The highest BCUT2D eigenvalue weighted by atomic mass is 19.4. The lowest BCUT2D eigenvalue weighted by atomic mass is 10.1. The normalized spacial score (nSPS) is 20.0. The smallest absolute Gasteiger partial charge is 0.340 e. The van der Waals surface area contributed by atoms with E-state index in [1.54, 1.807) is 11.0 Å². The SMILES string of the molecule is CC1CN(C(=O)Cc2cccc(C(F)(F)F)c2)CCN1. The van der Waals surface area contributed by atoms with Crippen LogP contribution in [-0.4, -0.2) is 36.5 Å². The third-order valence-corrected chi connectivity index (χ3v) is 3.33. The maximum atomic E-state index is 12.6. The molecule has 3 nitrogen and oxygen atoms in total. The number of nitrogens with zero attached hydrogens (tertiary/aromatic N) is 1. The van der Waals surface area contributed by atoms with Crippen molar-refractivity contribution < 1.29 is 18.0 Å². The average Bonchev–Trinajstić information content (AvgIpc) is 2.38. The standard InChI is InChI=1S/C14H17F3N2O/c1-10-9-19(6-5-18-10)13(20)8-11-3-2-4-12(7-11)14(15,16)17/h2-4,7,10,18H,5-6,8-9H2,1H3. The molecule has 1 heterocycles. The summed E-state index contributed by atoms with van der Waals surface area (Å²) in [6.45, 7) is 3.89. The van der Waals surface area contributed by atoms with Crippen molar-refractivity contribution in [3.63, 3.8) is 0 Å². The zero-order chi connectivity index (χ0) is 14.8. The van der Waals surface area contributed by atoms with Gasteiger partial charge >= 0.3 is 6.18 Å². The van der Waals surface area contributed by atoms with E-state index in [9.17, 15) is 18.0 Å². The van der Waals surface area contributed by atoms with Crippen molar-refractivity contribution in [2.24, 2.45) is 0 Å². The Kier molecular flexibility index (Phi) is 4.32. The Morgan fingerprint density at radius 2 is 2.20 bits per heavy atom. The number of halogens is 3. The third-order valence-electron chi connectivity index (χ3n) is 3.33. The molecule has 1 amide bonds. The van der Waals surface area contributed by atoms with E-state index >= 15 is 0 Å². The fourth-order valence-electron chi connectivity index (χ4n) is 2.30. The summed E-state index contributed by atoms with van der Waals surface area (Å²) in [6, 6.07) is 5.17. The van der Waals surface area contributed by atoms with Crippen LogP contribution in [0.2, 0.25) is 0 Å². The Morgan fingerprint density at radius 1 is 1.45 bits per heavy atom. The van der Waals surface area contributed by atoms with Gasteiger partial charge < -0.3 is 10.2 Å². The number of alkyl halides is 3. The molecule has 1 aliphatic rings. The van der Waals surface area contributed by atoms with Crippen molar-refractivity contribution in [1.82, 2.24) is 10.2 Å². The molecule has 1 N–H and O–H groups in total. The molecule has 6 heteroatoms. The van der Waals surface area contributed by atoms with Crippen LogP contribution in [0.15, 0.2) is 24.3 Å². The number of amides is 1. The van der Waals surface area contributed by atoms with E-state index < -0.39 is 11.7 Å². The summed E-state index contributed by atoms with van der Waals surface area (Å²) in [5.74, 6) is -0.127. The predicted octanol–water partition coefficient (Wildman–Crippen LogP) is 2.07. The van der Waals surface area contributed by atoms with E-state index in [2.05, 4.69) is 5.32 Å². The first kappa shape index (κ1) is 14.8. The van der Waals surface area contributed by atoms with Crippen LogP contribution in [0.3, 0.4) is 0 Å². The predicted molar refractivity (Wildman–Crippen MR) is 69.2 cm³/mol. The van der Waals surface area contributed by atoms with Crippen LogP contribution in [0.25, 0.3) is 0 Å². The molecular weight excluding hydrogens is 269 g/mol. The Morgan fingerprint density at radius 3 is 2.85 bits per heavy atom. The minimum Gasteiger partial charge on any atom is -0.340 e. The molecule has 2 rings (SSSR count). The van der Waals surface area contributed by atoms with E-state index in [-0.39, 0.29) is 18.4 Å². The summed E-state index contributed by atoms with van der Waals surface area (Å²) in [5, 5.41) is 3.22. The topological polar surface area (TPSA) is 32.3 Å². The Bertz CT molecular complexity index is 488. The molecule has 1 atom stereocenters. The van der Waals surface area contributed by atoms with E-state index in [1.165, 1.54) is 6.07 Å². The number of benzene rings is 1. The van der Waals surface area contributed by atoms with Crippen LogP contribution >= 0.6 is 0 Å². The lowest BCUT2D eigenvalue weighted by molar-refractivity contribution is -0.138. The molecule has 1 aromatic rings. The molecule has 0 aliphatic carbocycles. The highest BCUT2D eigenvalue weighted by Crippen LogP contribution is 2.29. The number of rotatable bonds is 2. The van der Waals surface area contributed by atoms with Crippen molar-refractivity contribution in [2.75, 3.05) is 19.6 Å². The zero-order valence-electron chi connectivity index (χ0n) is 11.2. The molecule has 110 valence electrons. The molecule has 0 radical (unpaired) electrons. The van der Waals surface area contributed by atoms with E-state index in [0.29, 0.717) is 18.7 Å². The average molecular weight is 286 g/mol. The maximum Gasteiger partial charge on any atom is 0.416 e. The lowest BCUT2D eigenvalue weighted by Gasteiger charge is -2.32.